The summed E-state index contributed by atoms with van der Waals surface area (Å²) >= 11 is 0. The van der Waals surface area contributed by atoms with Gasteiger partial charge in [-0.1, -0.05) is 24.3 Å². The molecule has 0 unspecified atom stereocenters. The van der Waals surface area contributed by atoms with Gasteiger partial charge in [-0.05, 0) is 54.4 Å². The number of aryl methyl sites for hydroxylation is 1. The molecule has 4 rings (SSSR count). The van der Waals surface area contributed by atoms with Crippen molar-refractivity contribution in [1.82, 2.24) is 9.97 Å². The predicted octanol–water partition coefficient (Wildman–Crippen LogP) is 4.25. The summed E-state index contributed by atoms with van der Waals surface area (Å²) in [6.07, 6.45) is 3.93. The maximum atomic E-state index is 13.4. The van der Waals surface area contributed by atoms with Gasteiger partial charge in [0.25, 0.3) is 5.91 Å². The summed E-state index contributed by atoms with van der Waals surface area (Å²) in [4.78, 5) is 23.5. The van der Waals surface area contributed by atoms with E-state index >= 15 is 0 Å². The van der Waals surface area contributed by atoms with Gasteiger partial charge in [0.1, 0.15) is 11.5 Å². The fourth-order valence-corrected chi connectivity index (χ4v) is 4.12. The number of nitrogens with zero attached hydrogens (tertiary/aromatic N) is 3. The van der Waals surface area contributed by atoms with Crippen LogP contribution in [0.4, 0.5) is 11.4 Å². The summed E-state index contributed by atoms with van der Waals surface area (Å²) in [5.74, 6) is 0.818. The Morgan fingerprint density at radius 1 is 1.08 bits per heavy atom. The first-order chi connectivity index (χ1) is 17.2. The quantitative estimate of drug-likeness (QED) is 0.335. The van der Waals surface area contributed by atoms with E-state index in [2.05, 4.69) is 15.3 Å². The molecular weight excluding hydrogens is 480 g/mol. The summed E-state index contributed by atoms with van der Waals surface area (Å²) in [6, 6.07) is 18.4. The lowest BCUT2D eigenvalue weighted by molar-refractivity contribution is 0.102. The maximum Gasteiger partial charge on any atom is 0.276 e. The molecule has 0 fully saturated rings. The Labute approximate surface area is 209 Å². The molecule has 9 nitrogen and oxygen atoms in total. The fraction of sp³-hybridized carbons (Fsp3) is 0.192. The monoisotopic (exact) mass is 506 g/mol. The lowest BCUT2D eigenvalue weighted by Crippen LogP contribution is -2.27. The number of carbonyl (C=O) groups excluding carboxylic acids is 1. The number of methoxy groups -OCH3 is 1. The van der Waals surface area contributed by atoms with Gasteiger partial charge in [-0.25, -0.2) is 18.4 Å². The Morgan fingerprint density at radius 2 is 1.86 bits per heavy atom. The smallest absolute Gasteiger partial charge is 0.276 e. The van der Waals surface area contributed by atoms with Crippen molar-refractivity contribution in [1.29, 1.82) is 0 Å². The van der Waals surface area contributed by atoms with E-state index in [0.29, 0.717) is 30.2 Å². The molecule has 1 N–H and O–H groups in total. The van der Waals surface area contributed by atoms with Crippen molar-refractivity contribution >= 4 is 27.1 Å². The van der Waals surface area contributed by atoms with Gasteiger partial charge >= 0.3 is 0 Å². The van der Waals surface area contributed by atoms with E-state index in [1.54, 1.807) is 25.5 Å². The second-order valence-corrected chi connectivity index (χ2v) is 10.2. The zero-order chi connectivity index (χ0) is 25.7. The van der Waals surface area contributed by atoms with Gasteiger partial charge in [0, 0.05) is 18.5 Å². The van der Waals surface area contributed by atoms with E-state index < -0.39 is 20.9 Å². The third kappa shape index (κ3) is 6.08. The molecule has 186 valence electrons. The van der Waals surface area contributed by atoms with E-state index in [9.17, 15) is 13.2 Å². The third-order valence-corrected chi connectivity index (χ3v) is 6.23. The SMILES string of the molecule is COc1ccc(CN(Cc2ccco2)c2cnc(S(C)(=O)=O)nc2C(=O)Nc2cccc(C)c2)cc1. The molecule has 0 radical (unpaired) electrons. The number of rotatable bonds is 9. The van der Waals surface area contributed by atoms with Crippen molar-refractivity contribution < 1.29 is 22.4 Å². The summed E-state index contributed by atoms with van der Waals surface area (Å²) in [6.45, 7) is 2.58. The highest BCUT2D eigenvalue weighted by Gasteiger charge is 2.24. The second-order valence-electron chi connectivity index (χ2n) is 8.27. The molecule has 36 heavy (non-hydrogen) atoms. The van der Waals surface area contributed by atoms with Crippen LogP contribution < -0.4 is 15.0 Å². The maximum absolute atomic E-state index is 13.4. The lowest BCUT2D eigenvalue weighted by Gasteiger charge is -2.25. The molecule has 4 aromatic rings. The minimum Gasteiger partial charge on any atom is -0.497 e. The van der Waals surface area contributed by atoms with E-state index in [1.165, 1.54) is 6.20 Å². The van der Waals surface area contributed by atoms with Crippen molar-refractivity contribution in [2.24, 2.45) is 0 Å². The number of furan rings is 1. The van der Waals surface area contributed by atoms with Crippen molar-refractivity contribution in [3.8, 4) is 5.75 Å². The second kappa shape index (κ2) is 10.6. The number of nitrogens with one attached hydrogen (secondary N) is 1. The van der Waals surface area contributed by atoms with Crippen LogP contribution in [0.2, 0.25) is 0 Å². The van der Waals surface area contributed by atoms with Crippen LogP contribution in [0.1, 0.15) is 27.4 Å². The van der Waals surface area contributed by atoms with Gasteiger partial charge < -0.3 is 19.4 Å². The molecule has 10 heteroatoms. The minimum atomic E-state index is -3.75. The van der Waals surface area contributed by atoms with Crippen molar-refractivity contribution in [3.05, 3.63) is 95.7 Å². The van der Waals surface area contributed by atoms with Crippen LogP contribution >= 0.6 is 0 Å². The Morgan fingerprint density at radius 3 is 2.50 bits per heavy atom. The van der Waals surface area contributed by atoms with Crippen molar-refractivity contribution in [2.75, 3.05) is 23.6 Å². The van der Waals surface area contributed by atoms with Crippen LogP contribution in [0.25, 0.3) is 0 Å². The molecule has 2 aromatic carbocycles. The molecule has 0 bridgehead atoms. The van der Waals surface area contributed by atoms with E-state index in [0.717, 1.165) is 23.1 Å². The first-order valence-electron chi connectivity index (χ1n) is 11.1. The summed E-state index contributed by atoms with van der Waals surface area (Å²) in [7, 11) is -2.16. The zero-order valence-electron chi connectivity index (χ0n) is 20.1. The molecule has 0 saturated heterocycles. The van der Waals surface area contributed by atoms with Crippen LogP contribution in [0.3, 0.4) is 0 Å². The molecule has 0 saturated carbocycles. The number of carbonyl (C=O) groups is 1. The van der Waals surface area contributed by atoms with Gasteiger partial charge in [0.2, 0.25) is 15.0 Å². The number of ether oxygens (including phenoxy) is 1. The van der Waals surface area contributed by atoms with Gasteiger partial charge in [-0.2, -0.15) is 0 Å². The number of sulfone groups is 1. The topological polar surface area (TPSA) is 115 Å². The Bertz CT molecular complexity index is 1450. The van der Waals surface area contributed by atoms with E-state index in [-0.39, 0.29) is 5.69 Å². The number of aromatic nitrogens is 2. The molecule has 0 atom stereocenters. The average molecular weight is 507 g/mol. The summed E-state index contributed by atoms with van der Waals surface area (Å²) in [5.41, 5.74) is 2.76. The average Bonchev–Trinajstić information content (AvgIpc) is 3.36. The number of benzene rings is 2. The van der Waals surface area contributed by atoms with Gasteiger partial charge in [0.05, 0.1) is 31.8 Å². The number of amides is 1. The highest BCUT2D eigenvalue weighted by atomic mass is 32.2. The summed E-state index contributed by atoms with van der Waals surface area (Å²) in [5, 5.41) is 2.39. The largest absolute Gasteiger partial charge is 0.497 e. The Hall–Kier alpha value is -4.18. The molecule has 2 aromatic heterocycles. The van der Waals surface area contributed by atoms with Gasteiger partial charge in [-0.15, -0.1) is 0 Å². The Kier molecular flexibility index (Phi) is 7.35. The molecule has 0 aliphatic carbocycles. The third-order valence-electron chi connectivity index (χ3n) is 5.37. The molecule has 1 amide bonds. The summed E-state index contributed by atoms with van der Waals surface area (Å²) < 4.78 is 35.2. The van der Waals surface area contributed by atoms with Crippen LogP contribution in [0, 0.1) is 6.92 Å². The first kappa shape index (κ1) is 24.9. The van der Waals surface area contributed by atoms with Crippen LogP contribution in [-0.4, -0.2) is 37.7 Å². The molecule has 0 spiro atoms. The first-order valence-corrected chi connectivity index (χ1v) is 13.0. The van der Waals surface area contributed by atoms with E-state index in [1.807, 2.05) is 60.4 Å². The predicted molar refractivity (Wildman–Crippen MR) is 136 cm³/mol. The molecular formula is C26H26N4O5S. The van der Waals surface area contributed by atoms with Gasteiger partial charge in [0.15, 0.2) is 5.69 Å². The standard InChI is InChI=1S/C26H26N4O5S/c1-18-6-4-7-20(14-18)28-25(31)24-23(15-27-26(29-24)36(3,32)33)30(17-22-8-5-13-35-22)16-19-9-11-21(34-2)12-10-19/h4-15H,16-17H2,1-3H3,(H,28,31). The Balaban J connectivity index is 1.77. The number of hydrogen-bond acceptors (Lipinski definition) is 8. The van der Waals surface area contributed by atoms with Crippen LogP contribution in [-0.2, 0) is 22.9 Å². The van der Waals surface area contributed by atoms with Crippen LogP contribution in [0.5, 0.6) is 5.75 Å². The van der Waals surface area contributed by atoms with Gasteiger partial charge in [-0.3, -0.25) is 4.79 Å². The molecule has 2 heterocycles. The molecule has 0 aliphatic heterocycles. The van der Waals surface area contributed by atoms with Crippen molar-refractivity contribution in [2.45, 2.75) is 25.2 Å². The van der Waals surface area contributed by atoms with Crippen LogP contribution in [0.15, 0.2) is 82.7 Å². The highest BCUT2D eigenvalue weighted by Crippen LogP contribution is 2.26. The zero-order valence-corrected chi connectivity index (χ0v) is 21.0. The number of anilines is 2. The lowest BCUT2D eigenvalue weighted by atomic mass is 10.1. The van der Waals surface area contributed by atoms with E-state index in [4.69, 9.17) is 9.15 Å². The fourth-order valence-electron chi connectivity index (χ4n) is 3.62. The normalized spacial score (nSPS) is 11.2. The number of hydrogen-bond donors (Lipinski definition) is 1. The minimum absolute atomic E-state index is 0.0630. The molecule has 0 aliphatic rings. The van der Waals surface area contributed by atoms with Crippen molar-refractivity contribution in [3.63, 3.8) is 0 Å². The highest BCUT2D eigenvalue weighted by molar-refractivity contribution is 7.90.